The van der Waals surface area contributed by atoms with Crippen molar-refractivity contribution in [2.24, 2.45) is 5.92 Å². The van der Waals surface area contributed by atoms with Gasteiger partial charge in [-0.1, -0.05) is 13.8 Å². The van der Waals surface area contributed by atoms with Gasteiger partial charge in [0, 0.05) is 5.38 Å². The van der Waals surface area contributed by atoms with Crippen LogP contribution in [0.25, 0.3) is 0 Å². The van der Waals surface area contributed by atoms with Gasteiger partial charge in [0.1, 0.15) is 6.04 Å². The Bertz CT molecular complexity index is 417. The summed E-state index contributed by atoms with van der Waals surface area (Å²) >= 11 is 1.25. The number of carboxylic acids is 1. The van der Waals surface area contributed by atoms with Crippen molar-refractivity contribution in [3.05, 3.63) is 11.1 Å². The van der Waals surface area contributed by atoms with Crippen molar-refractivity contribution < 1.29 is 14.7 Å². The summed E-state index contributed by atoms with van der Waals surface area (Å²) in [6.07, 6.45) is 0.0458. The number of thiazole rings is 1. The Morgan fingerprint density at radius 3 is 2.65 bits per heavy atom. The smallest absolute Gasteiger partial charge is 0.326 e. The number of carbonyl (C=O) groups is 2. The van der Waals surface area contributed by atoms with Gasteiger partial charge in [-0.15, -0.1) is 11.3 Å². The van der Waals surface area contributed by atoms with Crippen molar-refractivity contribution in [3.8, 4) is 0 Å². The molecule has 4 N–H and O–H groups in total. The normalized spacial score (nSPS) is 12.4. The van der Waals surface area contributed by atoms with Gasteiger partial charge in [-0.2, -0.15) is 0 Å². The molecule has 0 radical (unpaired) electrons. The number of carboxylic acid groups (broad SMARTS) is 1. The monoisotopic (exact) mass is 257 g/mol. The van der Waals surface area contributed by atoms with Gasteiger partial charge in [0.2, 0.25) is 5.91 Å². The van der Waals surface area contributed by atoms with Crippen LogP contribution < -0.4 is 11.1 Å². The van der Waals surface area contributed by atoms with Crippen molar-refractivity contribution in [3.63, 3.8) is 0 Å². The molecule has 0 aliphatic heterocycles. The zero-order valence-electron chi connectivity index (χ0n) is 9.64. The van der Waals surface area contributed by atoms with E-state index in [2.05, 4.69) is 10.3 Å². The molecule has 0 saturated carbocycles. The van der Waals surface area contributed by atoms with E-state index in [1.165, 1.54) is 11.3 Å². The molecule has 1 atom stereocenters. The summed E-state index contributed by atoms with van der Waals surface area (Å²) in [5.41, 5.74) is 5.99. The number of nitrogens with zero attached hydrogens (tertiary/aromatic N) is 1. The highest BCUT2D eigenvalue weighted by Crippen LogP contribution is 2.11. The molecule has 0 fully saturated rings. The molecule has 0 aliphatic carbocycles. The van der Waals surface area contributed by atoms with Gasteiger partial charge in [0.05, 0.1) is 12.1 Å². The van der Waals surface area contributed by atoms with E-state index in [0.29, 0.717) is 10.8 Å². The third-order valence-electron chi connectivity index (χ3n) is 2.16. The lowest BCUT2D eigenvalue weighted by Crippen LogP contribution is -2.44. The fourth-order valence-electron chi connectivity index (χ4n) is 1.31. The maximum Gasteiger partial charge on any atom is 0.326 e. The molecule has 1 heterocycles. The Morgan fingerprint density at radius 2 is 2.24 bits per heavy atom. The minimum absolute atomic E-state index is 0.0458. The zero-order valence-corrected chi connectivity index (χ0v) is 10.5. The van der Waals surface area contributed by atoms with Gasteiger partial charge < -0.3 is 16.2 Å². The summed E-state index contributed by atoms with van der Waals surface area (Å²) in [6, 6.07) is -0.876. The Balaban J connectivity index is 2.56. The van der Waals surface area contributed by atoms with Crippen LogP contribution in [0.15, 0.2) is 5.38 Å². The lowest BCUT2D eigenvalue weighted by atomic mass is 10.0. The number of aromatic nitrogens is 1. The highest BCUT2D eigenvalue weighted by molar-refractivity contribution is 7.13. The van der Waals surface area contributed by atoms with Gasteiger partial charge in [-0.3, -0.25) is 4.79 Å². The summed E-state index contributed by atoms with van der Waals surface area (Å²) < 4.78 is 0. The van der Waals surface area contributed by atoms with Crippen molar-refractivity contribution in [2.75, 3.05) is 5.73 Å². The first-order valence-corrected chi connectivity index (χ1v) is 6.00. The maximum atomic E-state index is 11.6. The second-order valence-electron chi connectivity index (χ2n) is 3.98. The van der Waals surface area contributed by atoms with Crippen molar-refractivity contribution in [2.45, 2.75) is 26.3 Å². The van der Waals surface area contributed by atoms with Crippen LogP contribution >= 0.6 is 11.3 Å². The molecule has 1 amide bonds. The third kappa shape index (κ3) is 4.03. The number of nitrogens with two attached hydrogens (primary N) is 1. The molecule has 6 nitrogen and oxygen atoms in total. The number of rotatable bonds is 5. The van der Waals surface area contributed by atoms with E-state index >= 15 is 0 Å². The van der Waals surface area contributed by atoms with Crippen LogP contribution in [-0.4, -0.2) is 28.0 Å². The van der Waals surface area contributed by atoms with Crippen LogP contribution in [0, 0.1) is 5.92 Å². The third-order valence-corrected chi connectivity index (χ3v) is 2.88. The topological polar surface area (TPSA) is 105 Å². The first-order valence-electron chi connectivity index (χ1n) is 5.12. The van der Waals surface area contributed by atoms with Crippen molar-refractivity contribution >= 4 is 28.3 Å². The first-order chi connectivity index (χ1) is 7.90. The van der Waals surface area contributed by atoms with Gasteiger partial charge in [0.15, 0.2) is 5.13 Å². The van der Waals surface area contributed by atoms with Gasteiger partial charge in [-0.05, 0) is 5.92 Å². The summed E-state index contributed by atoms with van der Waals surface area (Å²) in [5, 5.41) is 13.4. The standard InChI is InChI=1S/C10H15N3O3S/c1-5(2)8(9(15)16)13-7(14)3-6-4-17-10(11)12-6/h4-5,8H,3H2,1-2H3,(H2,11,12)(H,13,14)(H,15,16)/t8-/m0/s1. The Kier molecular flexibility index (Phi) is 4.45. The number of nitrogen functional groups attached to an aromatic ring is 1. The molecular formula is C10H15N3O3S. The molecule has 17 heavy (non-hydrogen) atoms. The number of nitrogens with one attached hydrogen (secondary N) is 1. The number of carbonyl (C=O) groups excluding carboxylic acids is 1. The predicted octanol–water partition coefficient (Wildman–Crippen LogP) is 0.493. The minimum atomic E-state index is -1.04. The van der Waals surface area contributed by atoms with E-state index in [1.807, 2.05) is 0 Å². The Hall–Kier alpha value is -1.63. The minimum Gasteiger partial charge on any atom is -0.480 e. The van der Waals surface area contributed by atoms with Crippen LogP contribution in [0.3, 0.4) is 0 Å². The Morgan fingerprint density at radius 1 is 1.59 bits per heavy atom. The van der Waals surface area contributed by atoms with Crippen LogP contribution in [0.4, 0.5) is 5.13 Å². The molecule has 0 unspecified atom stereocenters. The summed E-state index contributed by atoms with van der Waals surface area (Å²) in [5.74, 6) is -1.57. The van der Waals surface area contributed by atoms with Crippen molar-refractivity contribution in [1.29, 1.82) is 0 Å². The zero-order chi connectivity index (χ0) is 13.0. The highest BCUT2D eigenvalue weighted by atomic mass is 32.1. The molecule has 94 valence electrons. The quantitative estimate of drug-likeness (QED) is 0.712. The van der Waals surface area contributed by atoms with E-state index in [0.717, 1.165) is 0 Å². The Labute approximate surface area is 103 Å². The molecule has 0 saturated heterocycles. The van der Waals surface area contributed by atoms with E-state index < -0.39 is 12.0 Å². The van der Waals surface area contributed by atoms with E-state index in [1.54, 1.807) is 19.2 Å². The largest absolute Gasteiger partial charge is 0.480 e. The van der Waals surface area contributed by atoms with E-state index in [4.69, 9.17) is 10.8 Å². The number of amides is 1. The number of anilines is 1. The lowest BCUT2D eigenvalue weighted by molar-refractivity contribution is -0.143. The lowest BCUT2D eigenvalue weighted by Gasteiger charge is -2.17. The molecule has 0 bridgehead atoms. The predicted molar refractivity (Wildman–Crippen MR) is 64.6 cm³/mol. The fourth-order valence-corrected chi connectivity index (χ4v) is 1.87. The molecule has 0 spiro atoms. The van der Waals surface area contributed by atoms with Gasteiger partial charge in [-0.25, -0.2) is 9.78 Å². The molecule has 1 rings (SSSR count). The summed E-state index contributed by atoms with van der Waals surface area (Å²) in [6.45, 7) is 3.47. The van der Waals surface area contributed by atoms with Crippen molar-refractivity contribution in [1.82, 2.24) is 10.3 Å². The van der Waals surface area contributed by atoms with Crippen LogP contribution in [0.5, 0.6) is 0 Å². The molecule has 0 aromatic carbocycles. The average molecular weight is 257 g/mol. The average Bonchev–Trinajstić information content (AvgIpc) is 2.59. The summed E-state index contributed by atoms with van der Waals surface area (Å²) in [4.78, 5) is 26.4. The van der Waals surface area contributed by atoms with Crippen LogP contribution in [0.2, 0.25) is 0 Å². The molecule has 1 aromatic rings. The van der Waals surface area contributed by atoms with E-state index in [-0.39, 0.29) is 18.2 Å². The number of hydrogen-bond acceptors (Lipinski definition) is 5. The molecule has 1 aromatic heterocycles. The van der Waals surface area contributed by atoms with E-state index in [9.17, 15) is 9.59 Å². The molecular weight excluding hydrogens is 242 g/mol. The first kappa shape index (κ1) is 13.4. The van der Waals surface area contributed by atoms with Gasteiger partial charge in [0.25, 0.3) is 0 Å². The number of aliphatic carboxylic acids is 1. The fraction of sp³-hybridized carbons (Fsp3) is 0.500. The SMILES string of the molecule is CC(C)[C@H](NC(=O)Cc1csc(N)n1)C(=O)O. The van der Waals surface area contributed by atoms with Crippen LogP contribution in [0.1, 0.15) is 19.5 Å². The number of hydrogen-bond donors (Lipinski definition) is 3. The second kappa shape index (κ2) is 5.62. The van der Waals surface area contributed by atoms with Gasteiger partial charge >= 0.3 is 5.97 Å². The maximum absolute atomic E-state index is 11.6. The molecule has 0 aliphatic rings. The highest BCUT2D eigenvalue weighted by Gasteiger charge is 2.23. The summed E-state index contributed by atoms with van der Waals surface area (Å²) in [7, 11) is 0. The second-order valence-corrected chi connectivity index (χ2v) is 4.87. The van der Waals surface area contributed by atoms with Crippen LogP contribution in [-0.2, 0) is 16.0 Å². The molecule has 7 heteroatoms.